The van der Waals surface area contributed by atoms with Crippen LogP contribution in [0.15, 0.2) is 18.2 Å². The van der Waals surface area contributed by atoms with Gasteiger partial charge in [-0.3, -0.25) is 9.59 Å². The fourth-order valence-electron chi connectivity index (χ4n) is 1.63. The lowest BCUT2D eigenvalue weighted by atomic mass is 10.2. The number of unbranched alkanes of at least 4 members (excludes halogenated alkanes) is 2. The summed E-state index contributed by atoms with van der Waals surface area (Å²) in [6.45, 7) is 5.38. The third kappa shape index (κ3) is 5.38. The Bertz CT molecular complexity index is 409. The van der Waals surface area contributed by atoms with Gasteiger partial charge in [0.1, 0.15) is 11.4 Å². The Morgan fingerprint density at radius 1 is 0.950 bits per heavy atom. The molecule has 5 nitrogen and oxygen atoms in total. The first kappa shape index (κ1) is 16.1. The van der Waals surface area contributed by atoms with Crippen LogP contribution in [-0.2, 0) is 0 Å². The van der Waals surface area contributed by atoms with Crippen molar-refractivity contribution in [3.05, 3.63) is 29.6 Å². The molecule has 0 aliphatic carbocycles. The standard InChI is InChI=1S/C15H23N3O2/c1-3-5-10-16-14(19)12-8-7-9-13(18-12)15(20)17-11-6-4-2/h7-9H,3-6,10-11H2,1-2H3,(H,16,19)(H,17,20). The number of hydrogen-bond acceptors (Lipinski definition) is 3. The van der Waals surface area contributed by atoms with Crippen LogP contribution in [0.5, 0.6) is 0 Å². The molecule has 1 aromatic rings. The molecule has 0 aliphatic rings. The maximum atomic E-state index is 11.8. The van der Waals surface area contributed by atoms with E-state index in [0.29, 0.717) is 13.1 Å². The van der Waals surface area contributed by atoms with Gasteiger partial charge in [0.25, 0.3) is 11.8 Å². The minimum atomic E-state index is -0.235. The van der Waals surface area contributed by atoms with Gasteiger partial charge in [0.2, 0.25) is 0 Å². The maximum absolute atomic E-state index is 11.8. The predicted molar refractivity (Wildman–Crippen MR) is 78.7 cm³/mol. The van der Waals surface area contributed by atoms with Gasteiger partial charge in [0.05, 0.1) is 0 Å². The van der Waals surface area contributed by atoms with Gasteiger partial charge in [-0.1, -0.05) is 32.8 Å². The number of aromatic nitrogens is 1. The van der Waals surface area contributed by atoms with Crippen LogP contribution in [0.2, 0.25) is 0 Å². The molecule has 5 heteroatoms. The average Bonchev–Trinajstić information content (AvgIpc) is 2.47. The van der Waals surface area contributed by atoms with Crippen molar-refractivity contribution in [1.29, 1.82) is 0 Å². The summed E-state index contributed by atoms with van der Waals surface area (Å²) in [6.07, 6.45) is 3.91. The summed E-state index contributed by atoms with van der Waals surface area (Å²) in [5.41, 5.74) is 0.563. The summed E-state index contributed by atoms with van der Waals surface area (Å²) in [5, 5.41) is 5.57. The first-order valence-electron chi connectivity index (χ1n) is 7.22. The second kappa shape index (κ2) is 9.07. The third-order valence-corrected chi connectivity index (χ3v) is 2.85. The van der Waals surface area contributed by atoms with Crippen molar-refractivity contribution in [3.8, 4) is 0 Å². The SMILES string of the molecule is CCCCNC(=O)c1cccc(C(=O)NCCCC)n1. The Labute approximate surface area is 120 Å². The Morgan fingerprint density at radius 2 is 1.40 bits per heavy atom. The lowest BCUT2D eigenvalue weighted by Crippen LogP contribution is -2.28. The molecule has 0 unspecified atom stereocenters. The predicted octanol–water partition coefficient (Wildman–Crippen LogP) is 2.14. The Morgan fingerprint density at radius 3 is 1.80 bits per heavy atom. The molecule has 0 atom stereocenters. The van der Waals surface area contributed by atoms with Crippen LogP contribution >= 0.6 is 0 Å². The summed E-state index contributed by atoms with van der Waals surface area (Å²) < 4.78 is 0. The molecular formula is C15H23N3O2. The highest BCUT2D eigenvalue weighted by molar-refractivity contribution is 5.96. The molecule has 2 N–H and O–H groups in total. The first-order valence-corrected chi connectivity index (χ1v) is 7.22. The van der Waals surface area contributed by atoms with Crippen LogP contribution in [-0.4, -0.2) is 29.9 Å². The molecule has 0 saturated carbocycles. The van der Waals surface area contributed by atoms with Gasteiger partial charge in [0.15, 0.2) is 0 Å². The highest BCUT2D eigenvalue weighted by Gasteiger charge is 2.11. The van der Waals surface area contributed by atoms with Crippen LogP contribution < -0.4 is 10.6 Å². The van der Waals surface area contributed by atoms with Crippen molar-refractivity contribution < 1.29 is 9.59 Å². The van der Waals surface area contributed by atoms with E-state index in [4.69, 9.17) is 0 Å². The molecule has 2 amide bonds. The molecule has 0 spiro atoms. The molecule has 0 bridgehead atoms. The quantitative estimate of drug-likeness (QED) is 0.715. The molecule has 0 saturated heterocycles. The summed E-state index contributed by atoms with van der Waals surface area (Å²) >= 11 is 0. The van der Waals surface area contributed by atoms with E-state index in [1.54, 1.807) is 18.2 Å². The zero-order valence-electron chi connectivity index (χ0n) is 12.2. The molecule has 1 aromatic heterocycles. The zero-order valence-corrected chi connectivity index (χ0v) is 12.2. The summed E-state index contributed by atoms with van der Waals surface area (Å²) in [6, 6.07) is 4.91. The number of amides is 2. The highest BCUT2D eigenvalue weighted by Crippen LogP contribution is 2.00. The van der Waals surface area contributed by atoms with E-state index >= 15 is 0 Å². The Kier molecular flexibility index (Phi) is 7.32. The number of pyridine rings is 1. The molecule has 0 aromatic carbocycles. The topological polar surface area (TPSA) is 71.1 Å². The number of carbonyl (C=O) groups is 2. The van der Waals surface area contributed by atoms with Crippen molar-refractivity contribution in [2.24, 2.45) is 0 Å². The van der Waals surface area contributed by atoms with E-state index in [0.717, 1.165) is 25.7 Å². The van der Waals surface area contributed by atoms with E-state index < -0.39 is 0 Å². The number of nitrogens with zero attached hydrogens (tertiary/aromatic N) is 1. The molecule has 110 valence electrons. The normalized spacial score (nSPS) is 10.1. The highest BCUT2D eigenvalue weighted by atomic mass is 16.2. The van der Waals surface area contributed by atoms with Gasteiger partial charge in [-0.05, 0) is 25.0 Å². The van der Waals surface area contributed by atoms with E-state index in [2.05, 4.69) is 29.5 Å². The van der Waals surface area contributed by atoms with Crippen LogP contribution in [0.1, 0.15) is 60.5 Å². The van der Waals surface area contributed by atoms with Gasteiger partial charge in [-0.25, -0.2) is 4.98 Å². The lowest BCUT2D eigenvalue weighted by Gasteiger charge is -2.06. The largest absolute Gasteiger partial charge is 0.351 e. The molecule has 1 heterocycles. The molecule has 0 fully saturated rings. The fraction of sp³-hybridized carbons (Fsp3) is 0.533. The number of carbonyl (C=O) groups excluding carboxylic acids is 2. The van der Waals surface area contributed by atoms with Gasteiger partial charge in [0, 0.05) is 13.1 Å². The first-order chi connectivity index (χ1) is 9.69. The molecule has 0 aliphatic heterocycles. The van der Waals surface area contributed by atoms with Crippen molar-refractivity contribution >= 4 is 11.8 Å². The number of hydrogen-bond donors (Lipinski definition) is 2. The second-order valence-corrected chi connectivity index (χ2v) is 4.63. The average molecular weight is 277 g/mol. The number of nitrogens with one attached hydrogen (secondary N) is 2. The van der Waals surface area contributed by atoms with Crippen LogP contribution in [0.4, 0.5) is 0 Å². The smallest absolute Gasteiger partial charge is 0.269 e. The van der Waals surface area contributed by atoms with Crippen molar-refractivity contribution in [2.45, 2.75) is 39.5 Å². The van der Waals surface area contributed by atoms with Gasteiger partial charge in [-0.2, -0.15) is 0 Å². The molecule has 0 radical (unpaired) electrons. The zero-order chi connectivity index (χ0) is 14.8. The van der Waals surface area contributed by atoms with Gasteiger partial charge < -0.3 is 10.6 Å². The number of rotatable bonds is 8. The lowest BCUT2D eigenvalue weighted by molar-refractivity contribution is 0.0944. The Hall–Kier alpha value is -1.91. The van der Waals surface area contributed by atoms with E-state index in [-0.39, 0.29) is 23.2 Å². The molecular weight excluding hydrogens is 254 g/mol. The van der Waals surface area contributed by atoms with E-state index in [1.807, 2.05) is 0 Å². The second-order valence-electron chi connectivity index (χ2n) is 4.63. The maximum Gasteiger partial charge on any atom is 0.269 e. The molecule has 1 rings (SSSR count). The monoisotopic (exact) mass is 277 g/mol. The van der Waals surface area contributed by atoms with Crippen LogP contribution in [0.3, 0.4) is 0 Å². The van der Waals surface area contributed by atoms with Crippen molar-refractivity contribution in [1.82, 2.24) is 15.6 Å². The van der Waals surface area contributed by atoms with Gasteiger partial charge in [-0.15, -0.1) is 0 Å². The third-order valence-electron chi connectivity index (χ3n) is 2.85. The summed E-state index contributed by atoms with van der Waals surface area (Å²) in [5.74, 6) is -0.469. The van der Waals surface area contributed by atoms with E-state index in [9.17, 15) is 9.59 Å². The van der Waals surface area contributed by atoms with Crippen LogP contribution in [0, 0.1) is 0 Å². The van der Waals surface area contributed by atoms with Crippen LogP contribution in [0.25, 0.3) is 0 Å². The van der Waals surface area contributed by atoms with Crippen molar-refractivity contribution in [3.63, 3.8) is 0 Å². The summed E-state index contributed by atoms with van der Waals surface area (Å²) in [4.78, 5) is 27.8. The minimum Gasteiger partial charge on any atom is -0.351 e. The van der Waals surface area contributed by atoms with E-state index in [1.165, 1.54) is 0 Å². The Balaban J connectivity index is 2.60. The van der Waals surface area contributed by atoms with Gasteiger partial charge >= 0.3 is 0 Å². The van der Waals surface area contributed by atoms with Crippen molar-refractivity contribution in [2.75, 3.05) is 13.1 Å². The minimum absolute atomic E-state index is 0.235. The fourth-order valence-corrected chi connectivity index (χ4v) is 1.63. The summed E-state index contributed by atoms with van der Waals surface area (Å²) in [7, 11) is 0. The molecule has 20 heavy (non-hydrogen) atoms.